The van der Waals surface area contributed by atoms with Gasteiger partial charge in [-0.3, -0.25) is 4.79 Å². The summed E-state index contributed by atoms with van der Waals surface area (Å²) in [6.45, 7) is 8.43. The highest BCUT2D eigenvalue weighted by Crippen LogP contribution is 2.67. The van der Waals surface area contributed by atoms with Crippen molar-refractivity contribution in [2.24, 2.45) is 35.5 Å². The van der Waals surface area contributed by atoms with Gasteiger partial charge in [-0.05, 0) is 55.3 Å². The van der Waals surface area contributed by atoms with Crippen LogP contribution in [0.4, 0.5) is 0 Å². The Morgan fingerprint density at radius 3 is 2.58 bits per heavy atom. The van der Waals surface area contributed by atoms with Gasteiger partial charge in [0.15, 0.2) is 0 Å². The van der Waals surface area contributed by atoms with Crippen molar-refractivity contribution in [1.82, 2.24) is 0 Å². The zero-order chi connectivity index (χ0) is 13.8. The van der Waals surface area contributed by atoms with Gasteiger partial charge in [0.1, 0.15) is 5.60 Å². The van der Waals surface area contributed by atoms with E-state index in [1.807, 2.05) is 0 Å². The number of rotatable bonds is 3. The van der Waals surface area contributed by atoms with Crippen molar-refractivity contribution in [1.29, 1.82) is 0 Å². The maximum Gasteiger partial charge on any atom is 0.303 e. The lowest BCUT2D eigenvalue weighted by molar-refractivity contribution is -0.190. The molecule has 0 aliphatic heterocycles. The van der Waals surface area contributed by atoms with Crippen LogP contribution < -0.4 is 0 Å². The first kappa shape index (κ1) is 13.5. The highest BCUT2D eigenvalue weighted by Gasteiger charge is 2.66. The van der Waals surface area contributed by atoms with Crippen LogP contribution >= 0.6 is 0 Å². The van der Waals surface area contributed by atoms with Crippen molar-refractivity contribution in [3.63, 3.8) is 0 Å². The van der Waals surface area contributed by atoms with Crippen LogP contribution in [0.1, 0.15) is 59.8 Å². The number of hydrogen-bond acceptors (Lipinski definition) is 2. The lowest BCUT2D eigenvalue weighted by atomic mass is 9.56. The van der Waals surface area contributed by atoms with Crippen molar-refractivity contribution in [2.75, 3.05) is 0 Å². The molecule has 3 rings (SSSR count). The van der Waals surface area contributed by atoms with Crippen LogP contribution in [-0.2, 0) is 9.53 Å². The highest BCUT2D eigenvalue weighted by atomic mass is 16.6. The summed E-state index contributed by atoms with van der Waals surface area (Å²) in [5, 5.41) is 0. The number of ether oxygens (including phenoxy) is 1. The van der Waals surface area contributed by atoms with E-state index in [0.717, 1.165) is 17.8 Å². The van der Waals surface area contributed by atoms with Crippen LogP contribution in [0.2, 0.25) is 0 Å². The fraction of sp³-hybridized carbons (Fsp3) is 0.941. The summed E-state index contributed by atoms with van der Waals surface area (Å²) in [6, 6.07) is 0. The predicted molar refractivity (Wildman–Crippen MR) is 75.5 cm³/mol. The minimum Gasteiger partial charge on any atom is -0.458 e. The molecule has 3 aliphatic carbocycles. The largest absolute Gasteiger partial charge is 0.458 e. The van der Waals surface area contributed by atoms with E-state index in [-0.39, 0.29) is 11.6 Å². The van der Waals surface area contributed by atoms with E-state index in [2.05, 4.69) is 20.8 Å². The van der Waals surface area contributed by atoms with E-state index in [0.29, 0.717) is 17.8 Å². The molecule has 2 heteroatoms. The van der Waals surface area contributed by atoms with E-state index < -0.39 is 0 Å². The summed E-state index contributed by atoms with van der Waals surface area (Å²) in [5.41, 5.74) is -0.138. The molecule has 2 bridgehead atoms. The molecular formula is C17H28O2. The molecule has 0 saturated heterocycles. The molecule has 0 aromatic carbocycles. The Hall–Kier alpha value is -0.530. The molecule has 0 amide bonds. The summed E-state index contributed by atoms with van der Waals surface area (Å²) < 4.78 is 6.03. The monoisotopic (exact) mass is 264 g/mol. The van der Waals surface area contributed by atoms with Crippen molar-refractivity contribution < 1.29 is 9.53 Å². The third-order valence-electron chi connectivity index (χ3n) is 6.51. The summed E-state index contributed by atoms with van der Waals surface area (Å²) >= 11 is 0. The maximum absolute atomic E-state index is 11.7. The number of carbonyl (C=O) groups excluding carboxylic acids is 1. The zero-order valence-corrected chi connectivity index (χ0v) is 12.8. The number of hydrogen-bond donors (Lipinski definition) is 0. The van der Waals surface area contributed by atoms with Crippen molar-refractivity contribution in [3.8, 4) is 0 Å². The van der Waals surface area contributed by atoms with Gasteiger partial charge in [-0.15, -0.1) is 0 Å². The third-order valence-corrected chi connectivity index (χ3v) is 6.51. The van der Waals surface area contributed by atoms with Gasteiger partial charge in [0, 0.05) is 12.8 Å². The molecule has 0 aromatic rings. The Bertz CT molecular complexity index is 375. The van der Waals surface area contributed by atoms with Gasteiger partial charge < -0.3 is 4.74 Å². The summed E-state index contributed by atoms with van der Waals surface area (Å²) in [5.74, 6) is 4.28. The van der Waals surface area contributed by atoms with Gasteiger partial charge in [0.25, 0.3) is 0 Å². The lowest BCUT2D eigenvalue weighted by Gasteiger charge is -2.53. The molecule has 3 saturated carbocycles. The first-order chi connectivity index (χ1) is 8.99. The Kier molecular flexibility index (Phi) is 3.18. The molecule has 0 spiro atoms. The Labute approximate surface area is 117 Å². The second-order valence-electron chi connectivity index (χ2n) is 7.55. The molecule has 6 unspecified atom stereocenters. The molecule has 3 fully saturated rings. The van der Waals surface area contributed by atoms with E-state index in [1.165, 1.54) is 32.1 Å². The molecule has 3 aliphatic rings. The molecule has 0 heterocycles. The van der Waals surface area contributed by atoms with Gasteiger partial charge >= 0.3 is 5.97 Å². The molecular weight excluding hydrogens is 236 g/mol. The van der Waals surface area contributed by atoms with Gasteiger partial charge in [0.05, 0.1) is 0 Å². The fourth-order valence-electron chi connectivity index (χ4n) is 5.74. The summed E-state index contributed by atoms with van der Waals surface area (Å²) in [7, 11) is 0. The lowest BCUT2D eigenvalue weighted by Crippen LogP contribution is -2.55. The van der Waals surface area contributed by atoms with Crippen molar-refractivity contribution in [3.05, 3.63) is 0 Å². The van der Waals surface area contributed by atoms with Crippen LogP contribution in [0.25, 0.3) is 0 Å². The smallest absolute Gasteiger partial charge is 0.303 e. The second kappa shape index (κ2) is 4.49. The minimum atomic E-state index is -0.138. The van der Waals surface area contributed by atoms with Crippen LogP contribution in [0.15, 0.2) is 0 Å². The Morgan fingerprint density at radius 1 is 1.26 bits per heavy atom. The molecule has 0 N–H and O–H groups in total. The SMILES string of the molecule is CCC1CC2CC3C2CC(C1)C3(OC(C)=O)C(C)C. The molecule has 2 nitrogen and oxygen atoms in total. The van der Waals surface area contributed by atoms with Crippen LogP contribution in [0, 0.1) is 35.5 Å². The van der Waals surface area contributed by atoms with Crippen LogP contribution in [-0.4, -0.2) is 11.6 Å². The fourth-order valence-corrected chi connectivity index (χ4v) is 5.74. The Morgan fingerprint density at radius 2 is 2.00 bits per heavy atom. The van der Waals surface area contributed by atoms with Gasteiger partial charge in [-0.1, -0.05) is 27.2 Å². The summed E-state index contributed by atoms with van der Waals surface area (Å²) in [4.78, 5) is 11.7. The molecule has 0 radical (unpaired) electrons. The number of fused-ring (bicyclic) bond motifs is 1. The molecule has 19 heavy (non-hydrogen) atoms. The van der Waals surface area contributed by atoms with Gasteiger partial charge in [-0.25, -0.2) is 0 Å². The zero-order valence-electron chi connectivity index (χ0n) is 12.8. The van der Waals surface area contributed by atoms with Crippen molar-refractivity contribution >= 4 is 5.97 Å². The van der Waals surface area contributed by atoms with E-state index in [4.69, 9.17) is 4.74 Å². The number of esters is 1. The summed E-state index contributed by atoms with van der Waals surface area (Å²) in [6.07, 6.45) is 6.63. The van der Waals surface area contributed by atoms with E-state index in [1.54, 1.807) is 6.92 Å². The average Bonchev–Trinajstić information content (AvgIpc) is 2.44. The number of carbonyl (C=O) groups is 1. The van der Waals surface area contributed by atoms with Gasteiger partial charge in [0.2, 0.25) is 0 Å². The molecule has 0 aromatic heterocycles. The van der Waals surface area contributed by atoms with Crippen LogP contribution in [0.3, 0.4) is 0 Å². The molecule has 6 atom stereocenters. The topological polar surface area (TPSA) is 26.3 Å². The highest BCUT2D eigenvalue weighted by molar-refractivity contribution is 5.66. The maximum atomic E-state index is 11.7. The predicted octanol–water partition coefficient (Wildman–Crippen LogP) is 4.04. The van der Waals surface area contributed by atoms with E-state index in [9.17, 15) is 4.79 Å². The molecule has 108 valence electrons. The second-order valence-corrected chi connectivity index (χ2v) is 7.55. The standard InChI is InChI=1S/C17H28O2/c1-5-12-6-13-8-16-15(13)9-14(7-12)17(16,10(2)3)19-11(4)18/h10,12-16H,5-9H2,1-4H3. The average molecular weight is 264 g/mol. The quantitative estimate of drug-likeness (QED) is 0.719. The van der Waals surface area contributed by atoms with Crippen molar-refractivity contribution in [2.45, 2.75) is 65.4 Å². The van der Waals surface area contributed by atoms with Crippen LogP contribution in [0.5, 0.6) is 0 Å². The normalized spacial score (nSPS) is 47.7. The minimum absolute atomic E-state index is 0.0728. The van der Waals surface area contributed by atoms with E-state index >= 15 is 0 Å². The Balaban J connectivity index is 1.94. The van der Waals surface area contributed by atoms with Gasteiger partial charge in [-0.2, -0.15) is 0 Å². The first-order valence-electron chi connectivity index (χ1n) is 8.18. The third kappa shape index (κ3) is 1.78. The first-order valence-corrected chi connectivity index (χ1v) is 8.18.